The van der Waals surface area contributed by atoms with Crippen molar-refractivity contribution in [1.82, 2.24) is 15.8 Å². The molecule has 2 aliphatic heterocycles. The van der Waals surface area contributed by atoms with Crippen molar-refractivity contribution in [3.63, 3.8) is 0 Å². The molecular formula is C20H20Cl2N4O4. The third-order valence-corrected chi connectivity index (χ3v) is 6.26. The minimum absolute atomic E-state index is 0.00281. The zero-order valence-corrected chi connectivity index (χ0v) is 17.6. The van der Waals surface area contributed by atoms with E-state index in [1.165, 1.54) is 12.1 Å². The number of nitrogens with one attached hydrogen (secondary N) is 2. The molecule has 4 rings (SSSR count). The van der Waals surface area contributed by atoms with Gasteiger partial charge in [-0.05, 0) is 23.3 Å². The lowest BCUT2D eigenvalue weighted by molar-refractivity contribution is -0.384. The molecule has 8 nitrogen and oxygen atoms in total. The highest BCUT2D eigenvalue weighted by Crippen LogP contribution is 2.48. The molecule has 30 heavy (non-hydrogen) atoms. The van der Waals surface area contributed by atoms with Gasteiger partial charge in [-0.1, -0.05) is 41.4 Å². The summed E-state index contributed by atoms with van der Waals surface area (Å²) in [6.07, 6.45) is 0. The average Bonchev–Trinajstić information content (AvgIpc) is 3.25. The SMILES string of the molecule is COCCN1C(=O)C2NNC(c3ccc(Cl)cc3Cl)C2C1c1ccc([N+](=O)[O-])cc1. The summed E-state index contributed by atoms with van der Waals surface area (Å²) in [5.41, 5.74) is 7.97. The fourth-order valence-electron chi connectivity index (χ4n) is 4.35. The molecule has 2 heterocycles. The van der Waals surface area contributed by atoms with Crippen LogP contribution in [0.4, 0.5) is 5.69 Å². The number of hydrazine groups is 1. The fraction of sp³-hybridized carbons (Fsp3) is 0.350. The van der Waals surface area contributed by atoms with E-state index in [9.17, 15) is 14.9 Å². The second kappa shape index (κ2) is 8.49. The van der Waals surface area contributed by atoms with Gasteiger partial charge in [0.2, 0.25) is 5.91 Å². The molecule has 158 valence electrons. The van der Waals surface area contributed by atoms with Crippen LogP contribution in [0.3, 0.4) is 0 Å². The first kappa shape index (κ1) is 21.0. The van der Waals surface area contributed by atoms with Gasteiger partial charge in [0, 0.05) is 41.8 Å². The highest BCUT2D eigenvalue weighted by Gasteiger charge is 2.55. The number of ether oxygens (including phenoxy) is 1. The summed E-state index contributed by atoms with van der Waals surface area (Å²) in [7, 11) is 1.58. The molecule has 4 unspecified atom stereocenters. The Labute approximate surface area is 183 Å². The van der Waals surface area contributed by atoms with Gasteiger partial charge in [-0.2, -0.15) is 0 Å². The summed E-state index contributed by atoms with van der Waals surface area (Å²) < 4.78 is 5.20. The number of halogens is 2. The van der Waals surface area contributed by atoms with E-state index in [-0.39, 0.29) is 29.6 Å². The number of methoxy groups -OCH3 is 1. The molecule has 0 radical (unpaired) electrons. The van der Waals surface area contributed by atoms with E-state index in [0.29, 0.717) is 23.2 Å². The van der Waals surface area contributed by atoms with Crippen molar-refractivity contribution in [2.75, 3.05) is 20.3 Å². The number of nitrogens with zero attached hydrogens (tertiary/aromatic N) is 2. The molecule has 2 aromatic rings. The number of benzene rings is 2. The fourth-order valence-corrected chi connectivity index (χ4v) is 4.88. The maximum Gasteiger partial charge on any atom is 0.269 e. The number of hydrogen-bond acceptors (Lipinski definition) is 6. The number of carbonyl (C=O) groups is 1. The lowest BCUT2D eigenvalue weighted by Gasteiger charge is -2.31. The number of non-ortho nitro benzene ring substituents is 1. The third-order valence-electron chi connectivity index (χ3n) is 5.69. The quantitative estimate of drug-likeness (QED) is 0.517. The lowest BCUT2D eigenvalue weighted by Crippen LogP contribution is -2.42. The van der Waals surface area contributed by atoms with E-state index in [0.717, 1.165) is 11.1 Å². The van der Waals surface area contributed by atoms with Crippen LogP contribution in [0.2, 0.25) is 10.0 Å². The van der Waals surface area contributed by atoms with Crippen molar-refractivity contribution in [2.45, 2.75) is 18.1 Å². The summed E-state index contributed by atoms with van der Waals surface area (Å²) in [5.74, 6) is -0.241. The molecule has 2 aliphatic rings. The predicted octanol–water partition coefficient (Wildman–Crippen LogP) is 3.27. The van der Waals surface area contributed by atoms with E-state index in [1.54, 1.807) is 36.3 Å². The van der Waals surface area contributed by atoms with E-state index in [1.807, 2.05) is 6.07 Å². The molecule has 2 N–H and O–H groups in total. The number of nitro benzene ring substituents is 1. The van der Waals surface area contributed by atoms with Crippen LogP contribution in [0.5, 0.6) is 0 Å². The molecule has 1 amide bonds. The van der Waals surface area contributed by atoms with Crippen LogP contribution in [0, 0.1) is 16.0 Å². The van der Waals surface area contributed by atoms with Crippen molar-refractivity contribution in [3.8, 4) is 0 Å². The Kier molecular flexibility index (Phi) is 5.95. The Balaban J connectivity index is 1.75. The Morgan fingerprint density at radius 1 is 1.13 bits per heavy atom. The van der Waals surface area contributed by atoms with Crippen molar-refractivity contribution >= 4 is 34.8 Å². The Bertz CT molecular complexity index is 972. The summed E-state index contributed by atoms with van der Waals surface area (Å²) in [5, 5.41) is 12.1. The van der Waals surface area contributed by atoms with Gasteiger partial charge in [-0.3, -0.25) is 14.9 Å². The number of hydrogen-bond donors (Lipinski definition) is 2. The first-order valence-corrected chi connectivity index (χ1v) is 10.2. The van der Waals surface area contributed by atoms with Crippen LogP contribution in [0.1, 0.15) is 23.2 Å². The van der Waals surface area contributed by atoms with Crippen molar-refractivity contribution in [2.24, 2.45) is 5.92 Å². The molecule has 4 atom stereocenters. The molecule has 0 saturated carbocycles. The molecule has 0 aromatic heterocycles. The summed E-state index contributed by atoms with van der Waals surface area (Å²) in [6, 6.07) is 10.6. The smallest absolute Gasteiger partial charge is 0.269 e. The van der Waals surface area contributed by atoms with Gasteiger partial charge in [0.25, 0.3) is 5.69 Å². The van der Waals surface area contributed by atoms with Crippen molar-refractivity contribution < 1.29 is 14.5 Å². The number of nitro groups is 1. The molecule has 2 fully saturated rings. The van der Waals surface area contributed by atoms with Crippen molar-refractivity contribution in [1.29, 1.82) is 0 Å². The van der Waals surface area contributed by atoms with Crippen LogP contribution in [0.25, 0.3) is 0 Å². The predicted molar refractivity (Wildman–Crippen MR) is 112 cm³/mol. The Hall–Kier alpha value is -2.23. The molecule has 2 aromatic carbocycles. The van der Waals surface area contributed by atoms with Crippen LogP contribution < -0.4 is 10.9 Å². The number of amides is 1. The standard InChI is InChI=1S/C20H20Cl2N4O4/c1-30-9-8-25-19(11-2-5-13(6-3-11)26(28)29)16-17(23-24-18(16)20(25)27)14-7-4-12(21)10-15(14)22/h2-7,10,16-19,23-24H,8-9H2,1H3. The number of carbonyl (C=O) groups excluding carboxylic acids is 1. The van der Waals surface area contributed by atoms with E-state index >= 15 is 0 Å². The zero-order chi connectivity index (χ0) is 21.4. The normalized spacial score (nSPS) is 25.6. The second-order valence-corrected chi connectivity index (χ2v) is 8.15. The largest absolute Gasteiger partial charge is 0.383 e. The van der Waals surface area contributed by atoms with Gasteiger partial charge < -0.3 is 9.64 Å². The van der Waals surface area contributed by atoms with Gasteiger partial charge in [-0.15, -0.1) is 0 Å². The van der Waals surface area contributed by atoms with Crippen LogP contribution in [-0.2, 0) is 9.53 Å². The van der Waals surface area contributed by atoms with E-state index < -0.39 is 11.0 Å². The first-order valence-electron chi connectivity index (χ1n) is 9.42. The number of likely N-dealkylation sites (tertiary alicyclic amines) is 1. The summed E-state index contributed by atoms with van der Waals surface area (Å²) >= 11 is 12.5. The average molecular weight is 451 g/mol. The maximum absolute atomic E-state index is 13.2. The minimum Gasteiger partial charge on any atom is -0.383 e. The molecule has 2 saturated heterocycles. The van der Waals surface area contributed by atoms with Crippen molar-refractivity contribution in [3.05, 3.63) is 73.8 Å². The van der Waals surface area contributed by atoms with Gasteiger partial charge in [0.05, 0.1) is 23.6 Å². The highest BCUT2D eigenvalue weighted by molar-refractivity contribution is 6.35. The number of rotatable bonds is 6. The summed E-state index contributed by atoms with van der Waals surface area (Å²) in [4.78, 5) is 25.6. The maximum atomic E-state index is 13.2. The Morgan fingerprint density at radius 3 is 2.47 bits per heavy atom. The van der Waals surface area contributed by atoms with Crippen LogP contribution in [0.15, 0.2) is 42.5 Å². The summed E-state index contributed by atoms with van der Waals surface area (Å²) in [6.45, 7) is 0.793. The molecule has 0 spiro atoms. The Morgan fingerprint density at radius 2 is 1.83 bits per heavy atom. The lowest BCUT2D eigenvalue weighted by atomic mass is 9.83. The third kappa shape index (κ3) is 3.66. The molecular weight excluding hydrogens is 431 g/mol. The van der Waals surface area contributed by atoms with Gasteiger partial charge in [-0.25, -0.2) is 10.9 Å². The van der Waals surface area contributed by atoms with Gasteiger partial charge in [0.15, 0.2) is 0 Å². The molecule has 10 heteroatoms. The number of fused-ring (bicyclic) bond motifs is 1. The first-order chi connectivity index (χ1) is 14.4. The van der Waals surface area contributed by atoms with Gasteiger partial charge >= 0.3 is 0 Å². The topological polar surface area (TPSA) is 96.7 Å². The molecule has 0 bridgehead atoms. The van der Waals surface area contributed by atoms with E-state index in [2.05, 4.69) is 10.9 Å². The van der Waals surface area contributed by atoms with E-state index in [4.69, 9.17) is 27.9 Å². The van der Waals surface area contributed by atoms with Gasteiger partial charge in [0.1, 0.15) is 6.04 Å². The van der Waals surface area contributed by atoms with Crippen LogP contribution >= 0.6 is 23.2 Å². The highest BCUT2D eigenvalue weighted by atomic mass is 35.5. The zero-order valence-electron chi connectivity index (χ0n) is 16.0. The van der Waals surface area contributed by atoms with Crippen LogP contribution in [-0.4, -0.2) is 42.0 Å². The molecule has 0 aliphatic carbocycles. The monoisotopic (exact) mass is 450 g/mol. The minimum atomic E-state index is -0.459. The second-order valence-electron chi connectivity index (χ2n) is 7.31.